The predicted molar refractivity (Wildman–Crippen MR) is 80.1 cm³/mol. The summed E-state index contributed by atoms with van der Waals surface area (Å²) in [5.74, 6) is -0.220. The Labute approximate surface area is 126 Å². The lowest BCUT2D eigenvalue weighted by molar-refractivity contribution is -0.126. The minimum Gasteiger partial charge on any atom is -0.353 e. The highest BCUT2D eigenvalue weighted by atomic mass is 127. The third-order valence-electron chi connectivity index (χ3n) is 3.09. The number of amides is 1. The first-order valence-electron chi connectivity index (χ1n) is 6.02. The number of nitrogens with zero attached hydrogens (tertiary/aromatic N) is 1. The minimum atomic E-state index is -3.60. The van der Waals surface area contributed by atoms with Crippen molar-refractivity contribution in [1.82, 2.24) is 9.62 Å². The van der Waals surface area contributed by atoms with E-state index >= 15 is 0 Å². The fraction of sp³-hybridized carbons (Fsp3) is 0.417. The fourth-order valence-electron chi connectivity index (χ4n) is 2.11. The van der Waals surface area contributed by atoms with Gasteiger partial charge in [0.15, 0.2) is 0 Å². The summed E-state index contributed by atoms with van der Waals surface area (Å²) in [5, 5.41) is 2.70. The maximum Gasteiger partial charge on any atom is 0.243 e. The summed E-state index contributed by atoms with van der Waals surface area (Å²) in [4.78, 5) is 12.0. The fourth-order valence-corrected chi connectivity index (χ4v) is 4.13. The summed E-state index contributed by atoms with van der Waals surface area (Å²) < 4.78 is 27.4. The Morgan fingerprint density at radius 1 is 1.37 bits per heavy atom. The van der Waals surface area contributed by atoms with Gasteiger partial charge in [-0.2, -0.15) is 4.31 Å². The smallest absolute Gasteiger partial charge is 0.243 e. The van der Waals surface area contributed by atoms with Crippen LogP contribution in [0.1, 0.15) is 13.3 Å². The lowest BCUT2D eigenvalue weighted by Crippen LogP contribution is -2.56. The zero-order chi connectivity index (χ0) is 14.0. The van der Waals surface area contributed by atoms with Crippen LogP contribution in [0, 0.1) is 3.57 Å². The monoisotopic (exact) mass is 394 g/mol. The summed E-state index contributed by atoms with van der Waals surface area (Å²) in [6, 6.07) is 6.04. The third kappa shape index (κ3) is 2.92. The molecular weight excluding hydrogens is 379 g/mol. The highest BCUT2D eigenvalue weighted by molar-refractivity contribution is 14.1. The van der Waals surface area contributed by atoms with Gasteiger partial charge >= 0.3 is 0 Å². The second-order valence-electron chi connectivity index (χ2n) is 4.28. The molecule has 1 aliphatic heterocycles. The Kier molecular flexibility index (Phi) is 4.46. The highest BCUT2D eigenvalue weighted by Gasteiger charge is 2.37. The van der Waals surface area contributed by atoms with Gasteiger partial charge in [-0.05, 0) is 53.3 Å². The first-order valence-corrected chi connectivity index (χ1v) is 8.54. The molecule has 0 saturated carbocycles. The largest absolute Gasteiger partial charge is 0.353 e. The average Bonchev–Trinajstić information content (AvgIpc) is 2.39. The number of carbonyl (C=O) groups excluding carboxylic acids is 1. The van der Waals surface area contributed by atoms with Crippen LogP contribution in [0.15, 0.2) is 29.2 Å². The van der Waals surface area contributed by atoms with E-state index in [1.54, 1.807) is 24.3 Å². The zero-order valence-corrected chi connectivity index (χ0v) is 13.4. The lowest BCUT2D eigenvalue weighted by atomic mass is 10.2. The molecule has 7 heteroatoms. The van der Waals surface area contributed by atoms with Crippen LogP contribution in [0.4, 0.5) is 0 Å². The molecule has 0 spiro atoms. The first kappa shape index (κ1) is 14.7. The normalized spacial score (nSPS) is 21.2. The topological polar surface area (TPSA) is 66.5 Å². The van der Waals surface area contributed by atoms with Gasteiger partial charge in [0.2, 0.25) is 15.9 Å². The number of piperazine rings is 1. The highest BCUT2D eigenvalue weighted by Crippen LogP contribution is 2.22. The maximum absolute atomic E-state index is 12.6. The minimum absolute atomic E-state index is 0.220. The summed E-state index contributed by atoms with van der Waals surface area (Å²) >= 11 is 2.12. The number of hydrogen-bond donors (Lipinski definition) is 1. The SMILES string of the molecule is CCC1C(=O)NCCN1S(=O)(=O)c1ccc(I)cc1. The molecule has 1 fully saturated rings. The van der Waals surface area contributed by atoms with Gasteiger partial charge < -0.3 is 5.32 Å². The van der Waals surface area contributed by atoms with Gasteiger partial charge in [0.25, 0.3) is 0 Å². The Bertz CT molecular complexity index is 571. The molecular formula is C12H15IN2O3S. The molecule has 1 aromatic carbocycles. The van der Waals surface area contributed by atoms with Crippen molar-refractivity contribution in [3.63, 3.8) is 0 Å². The molecule has 1 aromatic rings. The number of halogens is 1. The molecule has 1 heterocycles. The molecule has 1 saturated heterocycles. The summed E-state index contributed by atoms with van der Waals surface area (Å²) in [5.41, 5.74) is 0. The van der Waals surface area contributed by atoms with Crippen molar-refractivity contribution < 1.29 is 13.2 Å². The van der Waals surface area contributed by atoms with E-state index in [0.717, 1.165) is 3.57 Å². The second-order valence-corrected chi connectivity index (χ2v) is 7.42. The van der Waals surface area contributed by atoms with E-state index in [-0.39, 0.29) is 10.8 Å². The number of rotatable bonds is 3. The van der Waals surface area contributed by atoms with Crippen LogP contribution in [0.25, 0.3) is 0 Å². The van der Waals surface area contributed by atoms with Gasteiger partial charge in [0, 0.05) is 16.7 Å². The van der Waals surface area contributed by atoms with Crippen molar-refractivity contribution >= 4 is 38.5 Å². The van der Waals surface area contributed by atoms with E-state index in [9.17, 15) is 13.2 Å². The van der Waals surface area contributed by atoms with E-state index in [1.165, 1.54) is 4.31 Å². The summed E-state index contributed by atoms with van der Waals surface area (Å²) in [6.07, 6.45) is 0.468. The predicted octanol–water partition coefficient (Wildman–Crippen LogP) is 1.19. The number of sulfonamides is 1. The maximum atomic E-state index is 12.6. The van der Waals surface area contributed by atoms with Crippen LogP contribution in [0.5, 0.6) is 0 Å². The molecule has 1 unspecified atom stereocenters. The van der Waals surface area contributed by atoms with Gasteiger partial charge in [0.05, 0.1) is 4.90 Å². The number of hydrogen-bond acceptors (Lipinski definition) is 3. The van der Waals surface area contributed by atoms with Crippen molar-refractivity contribution in [2.45, 2.75) is 24.3 Å². The Morgan fingerprint density at radius 2 is 2.00 bits per heavy atom. The second kappa shape index (κ2) is 5.76. The van der Waals surface area contributed by atoms with Crippen LogP contribution in [0.2, 0.25) is 0 Å². The van der Waals surface area contributed by atoms with Crippen molar-refractivity contribution in [2.75, 3.05) is 13.1 Å². The molecule has 0 aliphatic carbocycles. The van der Waals surface area contributed by atoms with Crippen molar-refractivity contribution in [1.29, 1.82) is 0 Å². The molecule has 0 radical (unpaired) electrons. The number of nitrogens with one attached hydrogen (secondary N) is 1. The molecule has 1 atom stereocenters. The summed E-state index contributed by atoms with van der Waals surface area (Å²) in [6.45, 7) is 2.49. The summed E-state index contributed by atoms with van der Waals surface area (Å²) in [7, 11) is -3.60. The van der Waals surface area contributed by atoms with E-state index in [4.69, 9.17) is 0 Å². The van der Waals surface area contributed by atoms with E-state index in [1.807, 2.05) is 6.92 Å². The Morgan fingerprint density at radius 3 is 2.58 bits per heavy atom. The van der Waals surface area contributed by atoms with Crippen molar-refractivity contribution in [3.05, 3.63) is 27.8 Å². The molecule has 0 aromatic heterocycles. The van der Waals surface area contributed by atoms with Crippen LogP contribution in [-0.2, 0) is 14.8 Å². The van der Waals surface area contributed by atoms with Gasteiger partial charge in [-0.15, -0.1) is 0 Å². The van der Waals surface area contributed by atoms with Crippen LogP contribution in [0.3, 0.4) is 0 Å². The zero-order valence-electron chi connectivity index (χ0n) is 10.5. The Hall–Kier alpha value is -0.670. The van der Waals surface area contributed by atoms with E-state index in [2.05, 4.69) is 27.9 Å². The van der Waals surface area contributed by atoms with Gasteiger partial charge in [-0.1, -0.05) is 6.92 Å². The molecule has 1 N–H and O–H groups in total. The first-order chi connectivity index (χ1) is 8.96. The van der Waals surface area contributed by atoms with E-state index in [0.29, 0.717) is 19.5 Å². The van der Waals surface area contributed by atoms with Crippen molar-refractivity contribution in [3.8, 4) is 0 Å². The molecule has 104 valence electrons. The van der Waals surface area contributed by atoms with Crippen LogP contribution >= 0.6 is 22.6 Å². The third-order valence-corrected chi connectivity index (χ3v) is 5.73. The van der Waals surface area contributed by atoms with Gasteiger partial charge in [0.1, 0.15) is 6.04 Å². The molecule has 1 aliphatic rings. The molecule has 5 nitrogen and oxygen atoms in total. The lowest BCUT2D eigenvalue weighted by Gasteiger charge is -2.33. The van der Waals surface area contributed by atoms with Crippen molar-refractivity contribution in [2.24, 2.45) is 0 Å². The average molecular weight is 394 g/mol. The van der Waals surface area contributed by atoms with Crippen LogP contribution in [-0.4, -0.2) is 37.8 Å². The number of benzene rings is 1. The molecule has 2 rings (SSSR count). The Balaban J connectivity index is 2.37. The van der Waals surface area contributed by atoms with Crippen LogP contribution < -0.4 is 5.32 Å². The number of carbonyl (C=O) groups is 1. The molecule has 19 heavy (non-hydrogen) atoms. The van der Waals surface area contributed by atoms with E-state index < -0.39 is 16.1 Å². The van der Waals surface area contributed by atoms with Gasteiger partial charge in [-0.3, -0.25) is 4.79 Å². The molecule has 1 amide bonds. The van der Waals surface area contributed by atoms with Gasteiger partial charge in [-0.25, -0.2) is 8.42 Å². The molecule has 0 bridgehead atoms. The quantitative estimate of drug-likeness (QED) is 0.784. The standard InChI is InChI=1S/C12H15IN2O3S/c1-2-11-12(16)14-7-8-15(11)19(17,18)10-5-3-9(13)4-6-10/h3-6,11H,2,7-8H2,1H3,(H,14,16).